The number of carboxylic acids is 1. The number of ether oxygens (including phenoxy) is 1. The van der Waals surface area contributed by atoms with E-state index in [1.54, 1.807) is 26.8 Å². The molecule has 0 spiro atoms. The van der Waals surface area contributed by atoms with E-state index in [2.05, 4.69) is 5.32 Å². The molecule has 0 saturated heterocycles. The van der Waals surface area contributed by atoms with Crippen molar-refractivity contribution in [2.24, 2.45) is 0 Å². The van der Waals surface area contributed by atoms with Crippen molar-refractivity contribution in [1.82, 2.24) is 5.32 Å². The molecule has 2 aromatic rings. The molecule has 122 valence electrons. The third-order valence-corrected chi connectivity index (χ3v) is 3.24. The Kier molecular flexibility index (Phi) is 4.89. The average molecular weight is 314 g/mol. The molecule has 0 bridgehead atoms. The summed E-state index contributed by atoms with van der Waals surface area (Å²) in [6.45, 7) is 5.24. The molecule has 23 heavy (non-hydrogen) atoms. The van der Waals surface area contributed by atoms with Crippen molar-refractivity contribution in [3.05, 3.63) is 48.0 Å². The van der Waals surface area contributed by atoms with Crippen LogP contribution in [0.15, 0.2) is 42.5 Å². The number of rotatable bonds is 4. The zero-order valence-corrected chi connectivity index (χ0v) is 13.5. The summed E-state index contributed by atoms with van der Waals surface area (Å²) in [6.07, 6.45) is -0.977. The van der Waals surface area contributed by atoms with Crippen LogP contribution in [-0.4, -0.2) is 17.7 Å². The molecule has 2 aromatic carbocycles. The van der Waals surface area contributed by atoms with Crippen LogP contribution in [0.25, 0.3) is 10.8 Å². The molecule has 1 N–H and O–H groups in total. The summed E-state index contributed by atoms with van der Waals surface area (Å²) in [5, 5.41) is 15.6. The van der Waals surface area contributed by atoms with Crippen LogP contribution in [0, 0.1) is 0 Å². The first-order valence-electron chi connectivity index (χ1n) is 7.43. The molecule has 0 heterocycles. The molecule has 0 aliphatic carbocycles. The van der Waals surface area contributed by atoms with Gasteiger partial charge in [-0.1, -0.05) is 36.4 Å². The zero-order chi connectivity index (χ0) is 17.0. The van der Waals surface area contributed by atoms with Gasteiger partial charge in [-0.3, -0.25) is 0 Å². The predicted octanol–water partition coefficient (Wildman–Crippen LogP) is 2.55. The van der Waals surface area contributed by atoms with Crippen LogP contribution in [0.1, 0.15) is 38.8 Å². The Hall–Kier alpha value is -2.56. The summed E-state index contributed by atoms with van der Waals surface area (Å²) < 4.78 is 5.20. The van der Waals surface area contributed by atoms with Crippen LogP contribution in [0.3, 0.4) is 0 Å². The first kappa shape index (κ1) is 16.8. The highest BCUT2D eigenvalue weighted by molar-refractivity contribution is 5.83. The van der Waals surface area contributed by atoms with Gasteiger partial charge in [0, 0.05) is 12.4 Å². The Balaban J connectivity index is 2.25. The Morgan fingerprint density at radius 1 is 1.13 bits per heavy atom. The zero-order valence-electron chi connectivity index (χ0n) is 13.5. The summed E-state index contributed by atoms with van der Waals surface area (Å²) in [7, 11) is 0. The van der Waals surface area contributed by atoms with Gasteiger partial charge in [-0.25, -0.2) is 4.79 Å². The standard InChI is InChI=1S/C18H21NO4/c1-18(2,3)23-17(22)19-15(11-16(20)21)14-9-8-12-6-4-5-7-13(12)10-14/h4-10,15H,11H2,1-3H3,(H,19,22)(H,20,21)/p-1/t15-/m1/s1. The lowest BCUT2D eigenvalue weighted by Crippen LogP contribution is -2.37. The van der Waals surface area contributed by atoms with Crippen molar-refractivity contribution in [2.45, 2.75) is 38.8 Å². The van der Waals surface area contributed by atoms with Gasteiger partial charge in [0.05, 0.1) is 6.04 Å². The van der Waals surface area contributed by atoms with Crippen molar-refractivity contribution >= 4 is 22.8 Å². The monoisotopic (exact) mass is 314 g/mol. The third kappa shape index (κ3) is 4.98. The number of aliphatic carboxylic acids is 1. The third-order valence-electron chi connectivity index (χ3n) is 3.24. The molecule has 5 heteroatoms. The lowest BCUT2D eigenvalue weighted by Gasteiger charge is -2.24. The van der Waals surface area contributed by atoms with Gasteiger partial charge in [0.1, 0.15) is 5.60 Å². The fraction of sp³-hybridized carbons (Fsp3) is 0.333. The first-order valence-corrected chi connectivity index (χ1v) is 7.43. The van der Waals surface area contributed by atoms with Crippen molar-refractivity contribution in [2.75, 3.05) is 0 Å². The molecule has 0 aliphatic rings. The molecule has 0 radical (unpaired) electrons. The van der Waals surface area contributed by atoms with Crippen LogP contribution in [0.4, 0.5) is 4.79 Å². The number of carbonyl (C=O) groups excluding carboxylic acids is 2. The minimum absolute atomic E-state index is 0.322. The van der Waals surface area contributed by atoms with Gasteiger partial charge in [-0.15, -0.1) is 0 Å². The van der Waals surface area contributed by atoms with Crippen LogP contribution in [-0.2, 0) is 9.53 Å². The van der Waals surface area contributed by atoms with Crippen molar-refractivity contribution in [3.8, 4) is 0 Å². The normalized spacial score (nSPS) is 12.7. The van der Waals surface area contributed by atoms with E-state index < -0.39 is 23.7 Å². The largest absolute Gasteiger partial charge is 0.550 e. The fourth-order valence-corrected chi connectivity index (χ4v) is 2.29. The van der Waals surface area contributed by atoms with Gasteiger partial charge in [-0.05, 0) is 43.2 Å². The average Bonchev–Trinajstić information content (AvgIpc) is 2.43. The van der Waals surface area contributed by atoms with E-state index >= 15 is 0 Å². The highest BCUT2D eigenvalue weighted by Gasteiger charge is 2.21. The predicted molar refractivity (Wildman–Crippen MR) is 85.7 cm³/mol. The van der Waals surface area contributed by atoms with E-state index in [9.17, 15) is 14.7 Å². The molecule has 0 aliphatic heterocycles. The molecular weight excluding hydrogens is 294 g/mol. The van der Waals surface area contributed by atoms with Gasteiger partial charge < -0.3 is 20.0 Å². The summed E-state index contributed by atoms with van der Waals surface area (Å²) >= 11 is 0. The second-order valence-corrected chi connectivity index (χ2v) is 6.38. The van der Waals surface area contributed by atoms with E-state index in [1.165, 1.54) is 0 Å². The SMILES string of the molecule is CC(C)(C)OC(=O)N[C@H](CC(=O)[O-])c1ccc2ccccc2c1. The van der Waals surface area contributed by atoms with Gasteiger partial charge in [0.15, 0.2) is 0 Å². The summed E-state index contributed by atoms with van der Waals surface area (Å²) in [5.74, 6) is -1.24. The minimum Gasteiger partial charge on any atom is -0.550 e. The molecule has 0 aromatic heterocycles. The number of carboxylic acid groups (broad SMARTS) is 1. The minimum atomic E-state index is -1.24. The maximum absolute atomic E-state index is 11.9. The molecule has 2 rings (SSSR count). The van der Waals surface area contributed by atoms with Gasteiger partial charge in [0.2, 0.25) is 0 Å². The van der Waals surface area contributed by atoms with Crippen LogP contribution < -0.4 is 10.4 Å². The van der Waals surface area contributed by atoms with E-state index in [0.717, 1.165) is 10.8 Å². The van der Waals surface area contributed by atoms with Gasteiger partial charge in [-0.2, -0.15) is 0 Å². The smallest absolute Gasteiger partial charge is 0.408 e. The highest BCUT2D eigenvalue weighted by Crippen LogP contribution is 2.23. The number of carbonyl (C=O) groups is 2. The second kappa shape index (κ2) is 6.69. The molecular formula is C18H20NO4-. The quantitative estimate of drug-likeness (QED) is 0.940. The number of fused-ring (bicyclic) bond motifs is 1. The Morgan fingerprint density at radius 3 is 2.39 bits per heavy atom. The number of hydrogen-bond donors (Lipinski definition) is 1. The molecule has 0 unspecified atom stereocenters. The van der Waals surface area contributed by atoms with Crippen LogP contribution in [0.5, 0.6) is 0 Å². The van der Waals surface area contributed by atoms with Crippen molar-refractivity contribution in [1.29, 1.82) is 0 Å². The van der Waals surface area contributed by atoms with Crippen LogP contribution in [0.2, 0.25) is 0 Å². The van der Waals surface area contributed by atoms with Crippen LogP contribution >= 0.6 is 0 Å². The maximum Gasteiger partial charge on any atom is 0.408 e. The van der Waals surface area contributed by atoms with Crippen molar-refractivity contribution < 1.29 is 19.4 Å². The first-order chi connectivity index (χ1) is 10.7. The number of nitrogens with one attached hydrogen (secondary N) is 1. The second-order valence-electron chi connectivity index (χ2n) is 6.38. The summed E-state index contributed by atoms with van der Waals surface area (Å²) in [5.41, 5.74) is 0.0400. The molecule has 5 nitrogen and oxygen atoms in total. The Labute approximate surface area is 135 Å². The van der Waals surface area contributed by atoms with Crippen molar-refractivity contribution in [3.63, 3.8) is 0 Å². The number of alkyl carbamates (subject to hydrolysis) is 1. The molecule has 1 atom stereocenters. The maximum atomic E-state index is 11.9. The fourth-order valence-electron chi connectivity index (χ4n) is 2.29. The summed E-state index contributed by atoms with van der Waals surface area (Å²) in [4.78, 5) is 23.0. The topological polar surface area (TPSA) is 78.5 Å². The van der Waals surface area contributed by atoms with Gasteiger partial charge in [0.25, 0.3) is 0 Å². The number of amides is 1. The number of hydrogen-bond acceptors (Lipinski definition) is 4. The van der Waals surface area contributed by atoms with E-state index in [4.69, 9.17) is 4.74 Å². The molecule has 0 fully saturated rings. The van der Waals surface area contributed by atoms with E-state index in [1.807, 2.05) is 36.4 Å². The van der Waals surface area contributed by atoms with E-state index in [-0.39, 0.29) is 6.42 Å². The van der Waals surface area contributed by atoms with Gasteiger partial charge >= 0.3 is 6.09 Å². The number of benzene rings is 2. The Bertz CT molecular complexity index is 718. The lowest BCUT2D eigenvalue weighted by atomic mass is 10.00. The molecule has 1 amide bonds. The Morgan fingerprint density at radius 2 is 1.78 bits per heavy atom. The molecule has 0 saturated carbocycles. The van der Waals surface area contributed by atoms with E-state index in [0.29, 0.717) is 5.56 Å². The summed E-state index contributed by atoms with van der Waals surface area (Å²) in [6, 6.07) is 12.6. The highest BCUT2D eigenvalue weighted by atomic mass is 16.6. The lowest BCUT2D eigenvalue weighted by molar-refractivity contribution is -0.306.